The molecule has 1 heterocycles. The maximum absolute atomic E-state index is 11.5. The van der Waals surface area contributed by atoms with Crippen LogP contribution in [0.4, 0.5) is 0 Å². The molecule has 0 saturated heterocycles. The minimum Gasteiger partial charge on any atom is -0.355 e. The molecule has 0 fully saturated rings. The average molecular weight is 214 g/mol. The van der Waals surface area contributed by atoms with Gasteiger partial charge in [-0.05, 0) is 43.7 Å². The first kappa shape index (κ1) is 10.6. The zero-order valence-electron chi connectivity index (χ0n) is 9.66. The van der Waals surface area contributed by atoms with Crippen LogP contribution < -0.4 is 5.32 Å². The lowest BCUT2D eigenvalue weighted by Crippen LogP contribution is -2.17. The molecule has 0 saturated carbocycles. The number of benzene rings is 1. The Hall–Kier alpha value is -1.90. The Morgan fingerprint density at radius 1 is 1.25 bits per heavy atom. The summed E-state index contributed by atoms with van der Waals surface area (Å²) >= 11 is 0. The Kier molecular flexibility index (Phi) is 2.60. The van der Waals surface area contributed by atoms with Gasteiger partial charge in [-0.3, -0.25) is 9.78 Å². The lowest BCUT2D eigenvalue weighted by molar-refractivity contribution is 0.0963. The lowest BCUT2D eigenvalue weighted by Gasteiger charge is -2.05. The third kappa shape index (κ3) is 1.76. The maximum Gasteiger partial charge on any atom is 0.251 e. The fourth-order valence-corrected chi connectivity index (χ4v) is 1.85. The summed E-state index contributed by atoms with van der Waals surface area (Å²) in [6, 6.07) is 7.60. The molecule has 3 nitrogen and oxygen atoms in total. The van der Waals surface area contributed by atoms with E-state index in [-0.39, 0.29) is 5.91 Å². The first-order valence-corrected chi connectivity index (χ1v) is 5.22. The Bertz CT molecular complexity index is 561. The number of nitrogens with zero attached hydrogens (tertiary/aromatic N) is 1. The Morgan fingerprint density at radius 3 is 2.69 bits per heavy atom. The predicted octanol–water partition coefficient (Wildman–Crippen LogP) is 2.21. The van der Waals surface area contributed by atoms with Crippen LogP contribution in [-0.2, 0) is 0 Å². The molecule has 0 aliphatic carbocycles. The van der Waals surface area contributed by atoms with Gasteiger partial charge in [-0.15, -0.1) is 0 Å². The normalized spacial score (nSPS) is 10.4. The second-order valence-corrected chi connectivity index (χ2v) is 3.89. The molecule has 0 aliphatic rings. The third-order valence-electron chi connectivity index (χ3n) is 2.63. The highest BCUT2D eigenvalue weighted by molar-refractivity contribution is 5.98. The summed E-state index contributed by atoms with van der Waals surface area (Å²) in [4.78, 5) is 15.9. The summed E-state index contributed by atoms with van der Waals surface area (Å²) in [5.41, 5.74) is 3.75. The number of pyridine rings is 1. The van der Waals surface area contributed by atoms with E-state index in [1.165, 1.54) is 0 Å². The number of fused-ring (bicyclic) bond motifs is 1. The summed E-state index contributed by atoms with van der Waals surface area (Å²) in [5.74, 6) is -0.0677. The van der Waals surface area contributed by atoms with Crippen molar-refractivity contribution in [1.29, 1.82) is 0 Å². The fraction of sp³-hybridized carbons (Fsp3) is 0.231. The van der Waals surface area contributed by atoms with Gasteiger partial charge in [-0.2, -0.15) is 0 Å². The summed E-state index contributed by atoms with van der Waals surface area (Å²) in [7, 11) is 1.63. The van der Waals surface area contributed by atoms with E-state index in [1.54, 1.807) is 13.1 Å². The van der Waals surface area contributed by atoms with Crippen LogP contribution in [0.15, 0.2) is 24.3 Å². The van der Waals surface area contributed by atoms with Crippen molar-refractivity contribution in [2.24, 2.45) is 0 Å². The highest BCUT2D eigenvalue weighted by Crippen LogP contribution is 2.19. The highest BCUT2D eigenvalue weighted by atomic mass is 16.1. The Labute approximate surface area is 94.5 Å². The number of hydrogen-bond donors (Lipinski definition) is 1. The van der Waals surface area contributed by atoms with Crippen molar-refractivity contribution >= 4 is 16.8 Å². The molecule has 0 bridgehead atoms. The number of hydrogen-bond acceptors (Lipinski definition) is 2. The van der Waals surface area contributed by atoms with E-state index >= 15 is 0 Å². The summed E-state index contributed by atoms with van der Waals surface area (Å²) in [6.07, 6.45) is 0. The number of nitrogens with one attached hydrogen (secondary N) is 1. The molecule has 1 amide bonds. The van der Waals surface area contributed by atoms with E-state index in [9.17, 15) is 4.79 Å². The summed E-state index contributed by atoms with van der Waals surface area (Å²) in [6.45, 7) is 4.00. The van der Waals surface area contributed by atoms with Gasteiger partial charge in [0.25, 0.3) is 5.91 Å². The van der Waals surface area contributed by atoms with Crippen molar-refractivity contribution in [3.8, 4) is 0 Å². The SMILES string of the molecule is CNC(=O)c1ccc2nc(C)cc(C)c2c1. The van der Waals surface area contributed by atoms with Crippen molar-refractivity contribution in [3.05, 3.63) is 41.1 Å². The van der Waals surface area contributed by atoms with Gasteiger partial charge < -0.3 is 5.32 Å². The fourth-order valence-electron chi connectivity index (χ4n) is 1.85. The van der Waals surface area contributed by atoms with E-state index in [0.29, 0.717) is 5.56 Å². The van der Waals surface area contributed by atoms with Crippen molar-refractivity contribution in [3.63, 3.8) is 0 Å². The molecule has 16 heavy (non-hydrogen) atoms. The average Bonchev–Trinajstić information content (AvgIpc) is 2.27. The number of aromatic nitrogens is 1. The lowest BCUT2D eigenvalue weighted by atomic mass is 10.1. The van der Waals surface area contributed by atoms with Crippen LogP contribution in [0.5, 0.6) is 0 Å². The Morgan fingerprint density at radius 2 is 2.00 bits per heavy atom. The second kappa shape index (κ2) is 3.93. The summed E-state index contributed by atoms with van der Waals surface area (Å²) < 4.78 is 0. The molecule has 1 N–H and O–H groups in total. The van der Waals surface area contributed by atoms with Gasteiger partial charge in [0.1, 0.15) is 0 Å². The van der Waals surface area contributed by atoms with Crippen molar-refractivity contribution in [2.45, 2.75) is 13.8 Å². The van der Waals surface area contributed by atoms with E-state index in [0.717, 1.165) is 22.2 Å². The molecule has 1 aromatic heterocycles. The van der Waals surface area contributed by atoms with Gasteiger partial charge in [0, 0.05) is 23.7 Å². The number of rotatable bonds is 1. The number of amides is 1. The topological polar surface area (TPSA) is 42.0 Å². The smallest absolute Gasteiger partial charge is 0.251 e. The van der Waals surface area contributed by atoms with E-state index in [2.05, 4.69) is 10.3 Å². The number of carbonyl (C=O) groups excluding carboxylic acids is 1. The largest absolute Gasteiger partial charge is 0.355 e. The zero-order valence-corrected chi connectivity index (χ0v) is 9.66. The molecular weight excluding hydrogens is 200 g/mol. The number of carbonyl (C=O) groups is 1. The minimum atomic E-state index is -0.0677. The monoisotopic (exact) mass is 214 g/mol. The van der Waals surface area contributed by atoms with Gasteiger partial charge in [0.15, 0.2) is 0 Å². The predicted molar refractivity (Wildman–Crippen MR) is 64.6 cm³/mol. The molecule has 0 radical (unpaired) electrons. The van der Waals surface area contributed by atoms with E-state index < -0.39 is 0 Å². The van der Waals surface area contributed by atoms with Crippen LogP contribution in [0.3, 0.4) is 0 Å². The molecule has 1 aromatic carbocycles. The molecule has 0 aliphatic heterocycles. The van der Waals surface area contributed by atoms with Crippen LogP contribution in [0.25, 0.3) is 10.9 Å². The van der Waals surface area contributed by atoms with Crippen LogP contribution in [0.2, 0.25) is 0 Å². The van der Waals surface area contributed by atoms with Crippen molar-refractivity contribution < 1.29 is 4.79 Å². The molecule has 0 unspecified atom stereocenters. The van der Waals surface area contributed by atoms with Gasteiger partial charge in [-0.25, -0.2) is 0 Å². The third-order valence-corrected chi connectivity index (χ3v) is 2.63. The highest BCUT2D eigenvalue weighted by Gasteiger charge is 2.06. The first-order chi connectivity index (χ1) is 7.61. The van der Waals surface area contributed by atoms with Crippen LogP contribution in [0, 0.1) is 13.8 Å². The first-order valence-electron chi connectivity index (χ1n) is 5.22. The Balaban J connectivity index is 2.66. The van der Waals surface area contributed by atoms with E-state index in [4.69, 9.17) is 0 Å². The van der Waals surface area contributed by atoms with Crippen LogP contribution in [0.1, 0.15) is 21.6 Å². The molecular formula is C13H14N2O. The molecule has 0 atom stereocenters. The van der Waals surface area contributed by atoms with Crippen molar-refractivity contribution in [2.75, 3.05) is 7.05 Å². The van der Waals surface area contributed by atoms with Gasteiger partial charge >= 0.3 is 0 Å². The molecule has 0 spiro atoms. The van der Waals surface area contributed by atoms with E-state index in [1.807, 2.05) is 32.0 Å². The van der Waals surface area contributed by atoms with Crippen molar-refractivity contribution in [1.82, 2.24) is 10.3 Å². The second-order valence-electron chi connectivity index (χ2n) is 3.89. The summed E-state index contributed by atoms with van der Waals surface area (Å²) in [5, 5.41) is 3.65. The number of aryl methyl sites for hydroxylation is 2. The minimum absolute atomic E-state index is 0.0677. The van der Waals surface area contributed by atoms with Crippen LogP contribution in [-0.4, -0.2) is 17.9 Å². The standard InChI is InChI=1S/C13H14N2O/c1-8-6-9(2)15-12-5-4-10(7-11(8)12)13(16)14-3/h4-7H,1-3H3,(H,14,16). The van der Waals surface area contributed by atoms with Gasteiger partial charge in [0.2, 0.25) is 0 Å². The molecule has 82 valence electrons. The maximum atomic E-state index is 11.5. The molecule has 2 aromatic rings. The van der Waals surface area contributed by atoms with Crippen LogP contribution >= 0.6 is 0 Å². The van der Waals surface area contributed by atoms with Gasteiger partial charge in [0.05, 0.1) is 5.52 Å². The van der Waals surface area contributed by atoms with Gasteiger partial charge in [-0.1, -0.05) is 0 Å². The molecule has 3 heteroatoms. The zero-order chi connectivity index (χ0) is 11.7. The quantitative estimate of drug-likeness (QED) is 0.790. The molecule has 2 rings (SSSR count).